The van der Waals surface area contributed by atoms with Gasteiger partial charge in [-0.15, -0.1) is 6.58 Å². The summed E-state index contributed by atoms with van der Waals surface area (Å²) >= 11 is 0. The normalized spacial score (nSPS) is 14.1. The fraction of sp³-hybridized carbons (Fsp3) is 0.812. The van der Waals surface area contributed by atoms with Crippen LogP contribution in [0.4, 0.5) is 0 Å². The molecule has 1 atom stereocenters. The highest BCUT2D eigenvalue weighted by atomic mass is 28.4. The second-order valence-corrected chi connectivity index (χ2v) is 11.8. The molecule has 0 aromatic rings. The molecule has 118 valence electrons. The second kappa shape index (κ2) is 8.75. The lowest BCUT2D eigenvalue weighted by atomic mass is 10.1. The van der Waals surface area contributed by atoms with E-state index in [1.54, 1.807) is 0 Å². The number of ketones is 1. The van der Waals surface area contributed by atoms with Crippen LogP contribution in [0.5, 0.6) is 0 Å². The number of aliphatic hydroxyl groups excluding tert-OH is 1. The van der Waals surface area contributed by atoms with Gasteiger partial charge < -0.3 is 9.53 Å². The lowest BCUT2D eigenvalue weighted by Gasteiger charge is -2.36. The molecular weight excluding hydrogens is 268 g/mol. The van der Waals surface area contributed by atoms with Crippen LogP contribution in [0.2, 0.25) is 18.1 Å². The molecule has 4 heteroatoms. The number of hydrogen-bond acceptors (Lipinski definition) is 3. The number of allylic oxidation sites excluding steroid dienone is 1. The minimum atomic E-state index is -1.74. The molecule has 1 unspecified atom stereocenters. The highest BCUT2D eigenvalue weighted by Crippen LogP contribution is 2.36. The van der Waals surface area contributed by atoms with Crippen molar-refractivity contribution in [1.82, 2.24) is 0 Å². The Morgan fingerprint density at radius 2 is 2.00 bits per heavy atom. The molecule has 0 spiro atoms. The van der Waals surface area contributed by atoms with Crippen LogP contribution in [0.25, 0.3) is 0 Å². The number of rotatable bonds is 10. The van der Waals surface area contributed by atoms with E-state index in [-0.39, 0.29) is 17.2 Å². The molecule has 0 aliphatic carbocycles. The summed E-state index contributed by atoms with van der Waals surface area (Å²) in [6.45, 7) is 15.1. The minimum absolute atomic E-state index is 0.131. The quantitative estimate of drug-likeness (QED) is 0.376. The van der Waals surface area contributed by atoms with Crippen LogP contribution in [0.1, 0.15) is 52.9 Å². The zero-order valence-electron chi connectivity index (χ0n) is 13.9. The Morgan fingerprint density at radius 3 is 2.50 bits per heavy atom. The number of hydrogen-bond donors (Lipinski definition) is 1. The van der Waals surface area contributed by atoms with E-state index in [1.165, 1.54) is 0 Å². The van der Waals surface area contributed by atoms with Gasteiger partial charge in [-0.2, -0.15) is 0 Å². The van der Waals surface area contributed by atoms with Crippen LogP contribution in [-0.2, 0) is 9.22 Å². The Kier molecular flexibility index (Phi) is 8.55. The third-order valence-corrected chi connectivity index (χ3v) is 8.59. The van der Waals surface area contributed by atoms with Gasteiger partial charge in [0.1, 0.15) is 5.78 Å². The largest absolute Gasteiger partial charge is 0.417 e. The SMILES string of the molecule is C=CCCCC(=O)CC(O)CCO[Si](C)(C)C(C)(C)C. The molecular formula is C16H32O3Si. The summed E-state index contributed by atoms with van der Waals surface area (Å²) in [6.07, 6.45) is 4.25. The van der Waals surface area contributed by atoms with Crippen molar-refractivity contribution in [2.45, 2.75) is 77.1 Å². The lowest BCUT2D eigenvalue weighted by molar-refractivity contribution is -0.121. The molecule has 0 aromatic heterocycles. The third kappa shape index (κ3) is 7.97. The van der Waals surface area contributed by atoms with E-state index in [0.29, 0.717) is 19.4 Å². The molecule has 0 fully saturated rings. The van der Waals surface area contributed by atoms with Gasteiger partial charge in [-0.3, -0.25) is 4.79 Å². The highest BCUT2D eigenvalue weighted by molar-refractivity contribution is 6.74. The van der Waals surface area contributed by atoms with Crippen LogP contribution in [0.3, 0.4) is 0 Å². The van der Waals surface area contributed by atoms with Gasteiger partial charge in [0.25, 0.3) is 0 Å². The first-order chi connectivity index (χ1) is 9.10. The van der Waals surface area contributed by atoms with Crippen molar-refractivity contribution >= 4 is 14.1 Å². The molecule has 0 radical (unpaired) electrons. The van der Waals surface area contributed by atoms with Crippen molar-refractivity contribution in [2.75, 3.05) is 6.61 Å². The molecule has 0 heterocycles. The standard InChI is InChI=1S/C16H32O3Si/c1-7-8-9-10-14(17)13-15(18)11-12-19-20(5,6)16(2,3)4/h7,15,18H,1,8-13H2,2-6H3. The van der Waals surface area contributed by atoms with Crippen molar-refractivity contribution in [3.05, 3.63) is 12.7 Å². The Balaban J connectivity index is 3.91. The first-order valence-corrected chi connectivity index (χ1v) is 10.5. The average Bonchev–Trinajstić information content (AvgIpc) is 2.27. The van der Waals surface area contributed by atoms with Crippen molar-refractivity contribution in [2.24, 2.45) is 0 Å². The first kappa shape index (κ1) is 19.5. The van der Waals surface area contributed by atoms with E-state index < -0.39 is 14.4 Å². The zero-order chi connectivity index (χ0) is 15.8. The molecule has 0 aliphatic rings. The monoisotopic (exact) mass is 300 g/mol. The Hall–Kier alpha value is -0.453. The number of carbonyl (C=O) groups excluding carboxylic acids is 1. The molecule has 0 rings (SSSR count). The molecule has 0 aliphatic heterocycles. The van der Waals surface area contributed by atoms with Gasteiger partial charge in [-0.25, -0.2) is 0 Å². The van der Waals surface area contributed by atoms with Gasteiger partial charge in [-0.05, 0) is 37.4 Å². The van der Waals surface area contributed by atoms with E-state index in [2.05, 4.69) is 40.4 Å². The number of carbonyl (C=O) groups is 1. The van der Waals surface area contributed by atoms with Crippen molar-refractivity contribution in [3.63, 3.8) is 0 Å². The lowest BCUT2D eigenvalue weighted by Crippen LogP contribution is -2.41. The van der Waals surface area contributed by atoms with Gasteiger partial charge in [0.05, 0.1) is 6.10 Å². The molecule has 0 aromatic carbocycles. The molecule has 0 bridgehead atoms. The predicted molar refractivity (Wildman–Crippen MR) is 87.4 cm³/mol. The van der Waals surface area contributed by atoms with Crippen LogP contribution in [0.15, 0.2) is 12.7 Å². The van der Waals surface area contributed by atoms with Gasteiger partial charge in [0, 0.05) is 19.4 Å². The van der Waals surface area contributed by atoms with Crippen molar-refractivity contribution < 1.29 is 14.3 Å². The zero-order valence-corrected chi connectivity index (χ0v) is 14.9. The minimum Gasteiger partial charge on any atom is -0.417 e. The molecule has 20 heavy (non-hydrogen) atoms. The highest BCUT2D eigenvalue weighted by Gasteiger charge is 2.36. The summed E-state index contributed by atoms with van der Waals surface area (Å²) in [4.78, 5) is 11.6. The molecule has 1 N–H and O–H groups in total. The maximum absolute atomic E-state index is 11.6. The van der Waals surface area contributed by atoms with Crippen LogP contribution in [-0.4, -0.2) is 31.9 Å². The van der Waals surface area contributed by atoms with Gasteiger partial charge in [-0.1, -0.05) is 26.8 Å². The molecule has 0 saturated heterocycles. The summed E-state index contributed by atoms with van der Waals surface area (Å²) in [5, 5.41) is 10.0. The van der Waals surface area contributed by atoms with Crippen molar-refractivity contribution in [1.29, 1.82) is 0 Å². The fourth-order valence-electron chi connectivity index (χ4n) is 1.58. The molecule has 3 nitrogen and oxygen atoms in total. The van der Waals surface area contributed by atoms with E-state index in [4.69, 9.17) is 4.43 Å². The summed E-state index contributed by atoms with van der Waals surface area (Å²) in [5.74, 6) is 0.131. The molecule has 0 amide bonds. The van der Waals surface area contributed by atoms with Crippen LogP contribution < -0.4 is 0 Å². The van der Waals surface area contributed by atoms with E-state index >= 15 is 0 Å². The summed E-state index contributed by atoms with van der Waals surface area (Å²) in [5.41, 5.74) is 0. The predicted octanol–water partition coefficient (Wildman–Crippen LogP) is 4.07. The average molecular weight is 301 g/mol. The van der Waals surface area contributed by atoms with E-state index in [0.717, 1.165) is 12.8 Å². The number of aliphatic hydroxyl groups is 1. The van der Waals surface area contributed by atoms with Gasteiger partial charge in [0.15, 0.2) is 8.32 Å². The topological polar surface area (TPSA) is 46.5 Å². The summed E-state index contributed by atoms with van der Waals surface area (Å²) in [7, 11) is -1.74. The smallest absolute Gasteiger partial charge is 0.191 e. The summed E-state index contributed by atoms with van der Waals surface area (Å²) < 4.78 is 6.00. The fourth-order valence-corrected chi connectivity index (χ4v) is 2.64. The number of unbranched alkanes of at least 4 members (excludes halogenated alkanes) is 1. The Morgan fingerprint density at radius 1 is 1.40 bits per heavy atom. The Bertz CT molecular complexity index is 305. The molecule has 0 saturated carbocycles. The van der Waals surface area contributed by atoms with Crippen LogP contribution in [0, 0.1) is 0 Å². The van der Waals surface area contributed by atoms with Crippen molar-refractivity contribution in [3.8, 4) is 0 Å². The van der Waals surface area contributed by atoms with Crippen LogP contribution >= 0.6 is 0 Å². The first-order valence-electron chi connectivity index (χ1n) is 7.55. The number of Topliss-reactive ketones (excluding diaryl/α,β-unsaturated/α-hetero) is 1. The van der Waals surface area contributed by atoms with Gasteiger partial charge >= 0.3 is 0 Å². The Labute approximate surface area is 125 Å². The maximum Gasteiger partial charge on any atom is 0.191 e. The maximum atomic E-state index is 11.6. The third-order valence-electron chi connectivity index (χ3n) is 4.05. The van der Waals surface area contributed by atoms with E-state index in [1.807, 2.05) is 6.08 Å². The van der Waals surface area contributed by atoms with E-state index in [9.17, 15) is 9.90 Å². The summed E-state index contributed by atoms with van der Waals surface area (Å²) in [6, 6.07) is 0. The second-order valence-electron chi connectivity index (χ2n) is 6.97. The van der Waals surface area contributed by atoms with Gasteiger partial charge in [0.2, 0.25) is 0 Å².